The highest BCUT2D eigenvalue weighted by Gasteiger charge is 2.15. The lowest BCUT2D eigenvalue weighted by Gasteiger charge is -2.02. The Kier molecular flexibility index (Phi) is 4.31. The number of hydrazone groups is 1. The first-order chi connectivity index (χ1) is 11.6. The molecule has 120 valence electrons. The Hall–Kier alpha value is -3.12. The maximum atomic E-state index is 12.1. The van der Waals surface area contributed by atoms with E-state index >= 15 is 0 Å². The van der Waals surface area contributed by atoms with Gasteiger partial charge in [0.25, 0.3) is 5.91 Å². The number of para-hydroxylation sites is 1. The average Bonchev–Trinajstić information content (AvgIpc) is 2.59. The van der Waals surface area contributed by atoms with Gasteiger partial charge < -0.3 is 4.42 Å². The first-order valence-electron chi connectivity index (χ1n) is 7.03. The van der Waals surface area contributed by atoms with Crippen LogP contribution in [0.5, 0.6) is 0 Å². The van der Waals surface area contributed by atoms with Crippen molar-refractivity contribution in [1.29, 1.82) is 0 Å². The van der Waals surface area contributed by atoms with Gasteiger partial charge in [-0.3, -0.25) is 10.5 Å². The number of hydrogen-bond acceptors (Lipinski definition) is 3. The number of hydrogen-bond donors (Lipinski definition) is 3. The van der Waals surface area contributed by atoms with E-state index in [1.54, 1.807) is 48.5 Å². The summed E-state index contributed by atoms with van der Waals surface area (Å²) in [6, 6.07) is 15.2. The lowest BCUT2D eigenvalue weighted by Crippen LogP contribution is -2.86. The summed E-state index contributed by atoms with van der Waals surface area (Å²) in [7, 11) is 0. The number of amides is 1. The molecule has 24 heavy (non-hydrogen) atoms. The van der Waals surface area contributed by atoms with E-state index in [1.165, 1.54) is 0 Å². The van der Waals surface area contributed by atoms with Gasteiger partial charge in [-0.1, -0.05) is 41.9 Å². The quantitative estimate of drug-likeness (QED) is 0.280. The number of rotatable bonds is 3. The fourth-order valence-electron chi connectivity index (χ4n) is 2.15. The number of carbonyl (C=O) groups excluding carboxylic acids is 1. The van der Waals surface area contributed by atoms with E-state index < -0.39 is 11.5 Å². The number of carbonyl (C=O) groups is 1. The molecule has 0 aliphatic rings. The Morgan fingerprint density at radius 2 is 1.79 bits per heavy atom. The van der Waals surface area contributed by atoms with Gasteiger partial charge in [-0.25, -0.2) is 4.79 Å². The van der Waals surface area contributed by atoms with Gasteiger partial charge in [-0.2, -0.15) is 10.5 Å². The van der Waals surface area contributed by atoms with Crippen molar-refractivity contribution in [3.05, 3.63) is 81.2 Å². The molecule has 0 aliphatic carbocycles. The smallest absolute Gasteiger partial charge is 0.352 e. The number of nitrogens with one attached hydrogen (secondary N) is 2. The molecule has 0 spiro atoms. The molecular formula is C17H13ClN3O3+. The van der Waals surface area contributed by atoms with Crippen LogP contribution in [0.4, 0.5) is 0 Å². The van der Waals surface area contributed by atoms with Gasteiger partial charge in [0.1, 0.15) is 5.58 Å². The SMILES string of the molecule is NC(=[NH+]NC(=O)c1ccccc1Cl)c1cc2ccccc2oc1=O. The standard InChI is InChI=1S/C17H12ClN3O3/c18-13-7-3-2-6-11(13)16(22)21-20-15(19)12-9-10-5-1-4-8-14(10)24-17(12)23/h1-9H,(H2,19,20)(H,21,22)/p+1. The van der Waals surface area contributed by atoms with Gasteiger partial charge in [-0.05, 0) is 24.3 Å². The van der Waals surface area contributed by atoms with Crippen molar-refractivity contribution < 1.29 is 14.3 Å². The lowest BCUT2D eigenvalue weighted by molar-refractivity contribution is -0.508. The zero-order chi connectivity index (χ0) is 17.1. The second-order valence-electron chi connectivity index (χ2n) is 4.96. The van der Waals surface area contributed by atoms with Crippen LogP contribution in [0.3, 0.4) is 0 Å². The van der Waals surface area contributed by atoms with Crippen LogP contribution in [0.1, 0.15) is 15.9 Å². The zero-order valence-corrected chi connectivity index (χ0v) is 13.1. The van der Waals surface area contributed by atoms with E-state index in [0.717, 1.165) is 0 Å². The molecule has 1 amide bonds. The van der Waals surface area contributed by atoms with E-state index in [-0.39, 0.29) is 17.0 Å². The molecule has 1 aromatic heterocycles. The summed E-state index contributed by atoms with van der Waals surface area (Å²) in [4.78, 5) is 24.1. The predicted octanol–water partition coefficient (Wildman–Crippen LogP) is 0.577. The Balaban J connectivity index is 1.89. The Morgan fingerprint density at radius 1 is 1.08 bits per heavy atom. The van der Waals surface area contributed by atoms with Gasteiger partial charge in [0.2, 0.25) is 0 Å². The van der Waals surface area contributed by atoms with E-state index in [9.17, 15) is 9.59 Å². The highest BCUT2D eigenvalue weighted by molar-refractivity contribution is 6.33. The Bertz CT molecular complexity index is 1010. The van der Waals surface area contributed by atoms with Crippen molar-refractivity contribution in [2.75, 3.05) is 0 Å². The fraction of sp³-hybridized carbons (Fsp3) is 0. The van der Waals surface area contributed by atoms with Crippen molar-refractivity contribution in [3.8, 4) is 0 Å². The van der Waals surface area contributed by atoms with Crippen LogP contribution in [0.25, 0.3) is 11.0 Å². The molecule has 0 atom stereocenters. The molecule has 0 radical (unpaired) electrons. The summed E-state index contributed by atoms with van der Waals surface area (Å²) in [6.07, 6.45) is 0. The minimum Gasteiger partial charge on any atom is -0.422 e. The van der Waals surface area contributed by atoms with Crippen molar-refractivity contribution in [1.82, 2.24) is 5.43 Å². The van der Waals surface area contributed by atoms with E-state index in [2.05, 4.69) is 10.5 Å². The molecule has 0 bridgehead atoms. The van der Waals surface area contributed by atoms with E-state index in [4.69, 9.17) is 21.8 Å². The molecule has 3 rings (SSSR count). The van der Waals surface area contributed by atoms with Crippen LogP contribution >= 0.6 is 11.6 Å². The molecule has 7 heteroatoms. The van der Waals surface area contributed by atoms with Crippen LogP contribution in [-0.4, -0.2) is 11.7 Å². The molecule has 0 saturated carbocycles. The predicted molar refractivity (Wildman–Crippen MR) is 90.7 cm³/mol. The van der Waals surface area contributed by atoms with Gasteiger partial charge in [0.05, 0.1) is 10.6 Å². The molecule has 0 saturated heterocycles. The molecule has 2 aromatic carbocycles. The zero-order valence-electron chi connectivity index (χ0n) is 12.4. The summed E-state index contributed by atoms with van der Waals surface area (Å²) < 4.78 is 5.19. The van der Waals surface area contributed by atoms with Crippen LogP contribution in [-0.2, 0) is 0 Å². The minimum absolute atomic E-state index is 0.0325. The fourth-order valence-corrected chi connectivity index (χ4v) is 2.38. The molecular weight excluding hydrogens is 330 g/mol. The summed E-state index contributed by atoms with van der Waals surface area (Å²) in [6.45, 7) is 0. The maximum absolute atomic E-state index is 12.1. The van der Waals surface area contributed by atoms with Crippen LogP contribution in [0.15, 0.2) is 63.8 Å². The number of fused-ring (bicyclic) bond motifs is 1. The molecule has 4 N–H and O–H groups in total. The van der Waals surface area contributed by atoms with Gasteiger partial charge in [0.15, 0.2) is 5.56 Å². The van der Waals surface area contributed by atoms with Crippen LogP contribution in [0.2, 0.25) is 5.02 Å². The molecule has 0 aliphatic heterocycles. The number of hydrazine groups is 1. The summed E-state index contributed by atoms with van der Waals surface area (Å²) in [5.74, 6) is -0.511. The molecule has 0 unspecified atom stereocenters. The highest BCUT2D eigenvalue weighted by Crippen LogP contribution is 2.14. The van der Waals surface area contributed by atoms with Gasteiger partial charge in [0, 0.05) is 5.39 Å². The second-order valence-corrected chi connectivity index (χ2v) is 5.37. The normalized spacial score (nSPS) is 11.5. The van der Waals surface area contributed by atoms with E-state index in [1.807, 2.05) is 6.07 Å². The summed E-state index contributed by atoms with van der Waals surface area (Å²) in [5, 5.41) is 3.53. The van der Waals surface area contributed by atoms with Crippen molar-refractivity contribution in [2.24, 2.45) is 5.73 Å². The van der Waals surface area contributed by atoms with Crippen molar-refractivity contribution >= 4 is 34.3 Å². The first-order valence-corrected chi connectivity index (χ1v) is 7.40. The maximum Gasteiger partial charge on any atom is 0.352 e. The third-order valence-electron chi connectivity index (χ3n) is 3.36. The van der Waals surface area contributed by atoms with Crippen LogP contribution in [0, 0.1) is 0 Å². The molecule has 0 fully saturated rings. The molecule has 1 heterocycles. The monoisotopic (exact) mass is 342 g/mol. The summed E-state index contributed by atoms with van der Waals surface area (Å²) >= 11 is 5.95. The number of benzene rings is 2. The minimum atomic E-state index is -0.606. The van der Waals surface area contributed by atoms with Gasteiger partial charge in [-0.15, -0.1) is 0 Å². The lowest BCUT2D eigenvalue weighted by atomic mass is 10.2. The van der Waals surface area contributed by atoms with Crippen LogP contribution < -0.4 is 21.9 Å². The van der Waals surface area contributed by atoms with E-state index in [0.29, 0.717) is 16.0 Å². The molecule has 3 aromatic rings. The first kappa shape index (κ1) is 15.8. The third-order valence-corrected chi connectivity index (χ3v) is 3.69. The number of nitrogen functional groups attached to an aromatic ring is 1. The summed E-state index contributed by atoms with van der Waals surface area (Å²) in [5.41, 5.74) is 8.50. The second kappa shape index (κ2) is 6.55. The topological polar surface area (TPSA) is 99.3 Å². The Morgan fingerprint density at radius 3 is 2.58 bits per heavy atom. The number of amidine groups is 1. The number of nitrogens with two attached hydrogens (primary N) is 1. The highest BCUT2D eigenvalue weighted by atomic mass is 35.5. The largest absolute Gasteiger partial charge is 0.422 e. The van der Waals surface area contributed by atoms with Crippen molar-refractivity contribution in [2.45, 2.75) is 0 Å². The Labute approximate surface area is 141 Å². The average molecular weight is 343 g/mol. The third kappa shape index (κ3) is 3.13. The molecule has 6 nitrogen and oxygen atoms in total. The van der Waals surface area contributed by atoms with Gasteiger partial charge >= 0.3 is 11.5 Å². The van der Waals surface area contributed by atoms with Crippen molar-refractivity contribution in [3.63, 3.8) is 0 Å². The number of halogens is 1.